The fourth-order valence-corrected chi connectivity index (χ4v) is 7.88. The molecular formula is C33H31N7O6S3. The highest BCUT2D eigenvalue weighted by atomic mass is 32.2. The Morgan fingerprint density at radius 3 is 2.43 bits per heavy atom. The van der Waals surface area contributed by atoms with Crippen molar-refractivity contribution < 1.29 is 28.7 Å². The van der Waals surface area contributed by atoms with E-state index in [-0.39, 0.29) is 46.5 Å². The number of ether oxygens (including phenoxy) is 2. The minimum atomic E-state index is -1.00. The van der Waals surface area contributed by atoms with Gasteiger partial charge in [-0.2, -0.15) is 0 Å². The van der Waals surface area contributed by atoms with Crippen LogP contribution in [0.3, 0.4) is 0 Å². The molecule has 1 aliphatic carbocycles. The first-order valence-electron chi connectivity index (χ1n) is 15.6. The number of thiazole rings is 1. The first kappa shape index (κ1) is 32.7. The zero-order chi connectivity index (χ0) is 33.7. The molecule has 0 radical (unpaired) electrons. The minimum Gasteiger partial charge on any atom is -0.492 e. The van der Waals surface area contributed by atoms with Gasteiger partial charge in [-0.15, -0.1) is 21.5 Å². The number of esters is 1. The van der Waals surface area contributed by atoms with Gasteiger partial charge in [0.05, 0.1) is 5.75 Å². The Morgan fingerprint density at radius 1 is 1.08 bits per heavy atom. The molecule has 0 spiro atoms. The summed E-state index contributed by atoms with van der Waals surface area (Å²) in [6, 6.07) is 17.0. The van der Waals surface area contributed by atoms with Crippen LogP contribution in [0.5, 0.6) is 0 Å². The van der Waals surface area contributed by atoms with Gasteiger partial charge < -0.3 is 25.4 Å². The number of nitrogens with zero attached hydrogens (tertiary/aromatic N) is 5. The van der Waals surface area contributed by atoms with Crippen molar-refractivity contribution in [3.63, 3.8) is 0 Å². The Hall–Kier alpha value is -4.80. The number of carbonyl (C=O) groups excluding carboxylic acids is 3. The molecule has 2 unspecified atom stereocenters. The number of thioether (sulfide) groups is 1. The van der Waals surface area contributed by atoms with Crippen LogP contribution in [0.4, 0.5) is 5.13 Å². The molecule has 4 aromatic rings. The van der Waals surface area contributed by atoms with Crippen molar-refractivity contribution in [3.8, 4) is 0 Å². The van der Waals surface area contributed by atoms with Crippen LogP contribution in [0.2, 0.25) is 0 Å². The molecule has 13 nitrogen and oxygen atoms in total. The zero-order valence-corrected chi connectivity index (χ0v) is 28.4. The highest BCUT2D eigenvalue weighted by Gasteiger charge is 2.55. The number of carbonyl (C=O) groups is 3. The highest BCUT2D eigenvalue weighted by molar-refractivity contribution is 8.01. The van der Waals surface area contributed by atoms with Crippen molar-refractivity contribution in [1.82, 2.24) is 25.4 Å². The fraction of sp³-hybridized carbons (Fsp3) is 0.303. The molecule has 16 heteroatoms. The van der Waals surface area contributed by atoms with Gasteiger partial charge in [0.25, 0.3) is 11.8 Å². The summed E-state index contributed by atoms with van der Waals surface area (Å²) < 4.78 is 13.0. The summed E-state index contributed by atoms with van der Waals surface area (Å²) in [7, 11) is 0. The SMILES string of the molecule is Nc1nc(/C(=N/OC2CCCC2)C(=O)NC2C(=O)N3C(C(=O)OC(c4ccccc4)c4ccccc4)=C(CSc4nncs4)OCC23)cs1. The van der Waals surface area contributed by atoms with E-state index in [9.17, 15) is 14.4 Å². The predicted octanol–water partition coefficient (Wildman–Crippen LogP) is 4.30. The molecule has 2 atom stereocenters. The predicted molar refractivity (Wildman–Crippen MR) is 183 cm³/mol. The lowest BCUT2D eigenvalue weighted by Crippen LogP contribution is -2.73. The third-order valence-corrected chi connectivity index (χ3v) is 10.8. The van der Waals surface area contributed by atoms with Gasteiger partial charge in [0.2, 0.25) is 0 Å². The molecule has 2 aromatic heterocycles. The lowest BCUT2D eigenvalue weighted by atomic mass is 9.92. The number of rotatable bonds is 12. The van der Waals surface area contributed by atoms with Gasteiger partial charge in [-0.05, 0) is 36.8 Å². The van der Waals surface area contributed by atoms with Crippen LogP contribution in [-0.2, 0) is 28.7 Å². The number of amides is 2. The standard InChI is InChI=1S/C33H31N7O6S3/c34-32-36-22(16-47-32)25(39-46-21-13-7-8-14-21)29(41)37-26-23-15-44-24(17-48-33-38-35-18-49-33)27(40(23)30(26)42)31(43)45-28(19-9-3-1-4-10-19)20-11-5-2-6-12-20/h1-6,9-12,16,18,21,23,26,28H,7-8,13-15,17H2,(H2,34,36)(H,37,41)/b39-25-. The first-order valence-corrected chi connectivity index (χ1v) is 18.4. The molecule has 4 heterocycles. The van der Waals surface area contributed by atoms with E-state index in [1.165, 1.54) is 28.0 Å². The molecule has 49 heavy (non-hydrogen) atoms. The summed E-state index contributed by atoms with van der Waals surface area (Å²) >= 11 is 3.84. The quantitative estimate of drug-likeness (QED) is 0.0704. The highest BCUT2D eigenvalue weighted by Crippen LogP contribution is 2.37. The van der Waals surface area contributed by atoms with Gasteiger partial charge in [0.15, 0.2) is 27.0 Å². The van der Waals surface area contributed by atoms with Crippen LogP contribution in [0, 0.1) is 0 Å². The second-order valence-corrected chi connectivity index (χ2v) is 14.4. The smallest absolute Gasteiger partial charge is 0.359 e. The largest absolute Gasteiger partial charge is 0.492 e. The number of anilines is 1. The van der Waals surface area contributed by atoms with Crippen LogP contribution in [0.25, 0.3) is 0 Å². The molecule has 7 rings (SSSR count). The number of nitrogen functional groups attached to an aromatic ring is 1. The van der Waals surface area contributed by atoms with Crippen molar-refractivity contribution in [3.05, 3.63) is 99.8 Å². The van der Waals surface area contributed by atoms with E-state index in [0.29, 0.717) is 4.34 Å². The van der Waals surface area contributed by atoms with Gasteiger partial charge in [-0.1, -0.05) is 88.9 Å². The van der Waals surface area contributed by atoms with E-state index < -0.39 is 36.0 Å². The average molecular weight is 718 g/mol. The van der Waals surface area contributed by atoms with E-state index in [1.807, 2.05) is 60.7 Å². The second kappa shape index (κ2) is 14.8. The number of oxime groups is 1. The van der Waals surface area contributed by atoms with Crippen molar-refractivity contribution >= 4 is 63.1 Å². The Labute approximate surface area is 293 Å². The zero-order valence-electron chi connectivity index (χ0n) is 26.0. The van der Waals surface area contributed by atoms with Crippen molar-refractivity contribution in [2.45, 2.75) is 54.3 Å². The molecule has 3 N–H and O–H groups in total. The minimum absolute atomic E-state index is 0.0219. The maximum atomic E-state index is 14.2. The van der Waals surface area contributed by atoms with E-state index in [4.69, 9.17) is 20.0 Å². The Kier molecular flexibility index (Phi) is 9.86. The lowest BCUT2D eigenvalue weighted by Gasteiger charge is -2.49. The number of hydrogen-bond acceptors (Lipinski definition) is 14. The molecule has 1 saturated heterocycles. The molecule has 0 bridgehead atoms. The number of benzene rings is 2. The molecule has 3 aliphatic rings. The van der Waals surface area contributed by atoms with Crippen molar-refractivity contribution in [2.75, 3.05) is 18.1 Å². The summed E-state index contributed by atoms with van der Waals surface area (Å²) in [4.78, 5) is 52.9. The lowest BCUT2D eigenvalue weighted by molar-refractivity contribution is -0.163. The average Bonchev–Trinajstić information content (AvgIpc) is 3.94. The van der Waals surface area contributed by atoms with E-state index in [0.717, 1.165) is 48.1 Å². The van der Waals surface area contributed by atoms with Crippen LogP contribution in [0.15, 0.2) is 92.5 Å². The van der Waals surface area contributed by atoms with Gasteiger partial charge >= 0.3 is 5.97 Å². The van der Waals surface area contributed by atoms with E-state index in [1.54, 1.807) is 10.9 Å². The Balaban J connectivity index is 1.14. The summed E-state index contributed by atoms with van der Waals surface area (Å²) in [6.07, 6.45) is 2.88. The van der Waals surface area contributed by atoms with Gasteiger partial charge in [-0.3, -0.25) is 14.5 Å². The summed E-state index contributed by atoms with van der Waals surface area (Å²) in [5, 5.41) is 16.8. The van der Waals surface area contributed by atoms with Crippen LogP contribution >= 0.6 is 34.4 Å². The van der Waals surface area contributed by atoms with E-state index in [2.05, 4.69) is 25.7 Å². The van der Waals surface area contributed by atoms with E-state index >= 15 is 0 Å². The molecule has 2 amide bonds. The third-order valence-electron chi connectivity index (χ3n) is 8.30. The molecule has 2 aliphatic heterocycles. The topological polar surface area (TPSA) is 171 Å². The monoisotopic (exact) mass is 717 g/mol. The number of nitrogens with one attached hydrogen (secondary N) is 1. The number of fused-ring (bicyclic) bond motifs is 1. The second-order valence-electron chi connectivity index (χ2n) is 11.4. The Bertz CT molecular complexity index is 1820. The number of hydrogen-bond donors (Lipinski definition) is 2. The first-order chi connectivity index (χ1) is 24.0. The maximum absolute atomic E-state index is 14.2. The van der Waals surface area contributed by atoms with Gasteiger partial charge in [-0.25, -0.2) is 9.78 Å². The normalized spacial score (nSPS) is 19.3. The van der Waals surface area contributed by atoms with Crippen LogP contribution < -0.4 is 11.1 Å². The number of nitrogens with two attached hydrogens (primary N) is 1. The third kappa shape index (κ3) is 7.16. The number of β-lactam (4-membered cyclic amide) rings is 1. The van der Waals surface area contributed by atoms with Gasteiger partial charge in [0.1, 0.15) is 41.8 Å². The van der Waals surface area contributed by atoms with Crippen molar-refractivity contribution in [2.24, 2.45) is 5.16 Å². The van der Waals surface area contributed by atoms with Crippen molar-refractivity contribution in [1.29, 1.82) is 0 Å². The summed E-state index contributed by atoms with van der Waals surface area (Å²) in [5.41, 5.74) is 9.12. The van der Waals surface area contributed by atoms with Gasteiger partial charge in [0, 0.05) is 5.38 Å². The molecule has 252 valence electrons. The number of aromatic nitrogens is 3. The molecule has 2 fully saturated rings. The fourth-order valence-electron chi connectivity index (χ4n) is 5.89. The summed E-state index contributed by atoms with van der Waals surface area (Å²) in [5.74, 6) is -1.41. The Morgan fingerprint density at radius 2 is 1.80 bits per heavy atom. The van der Waals surface area contributed by atoms with Crippen LogP contribution in [0.1, 0.15) is 48.6 Å². The molecular weight excluding hydrogens is 687 g/mol. The molecule has 1 saturated carbocycles. The molecule has 2 aromatic carbocycles. The van der Waals surface area contributed by atoms with Crippen LogP contribution in [-0.4, -0.2) is 74.1 Å². The summed E-state index contributed by atoms with van der Waals surface area (Å²) in [6.45, 7) is 0.0367. The maximum Gasteiger partial charge on any atom is 0.359 e.